The summed E-state index contributed by atoms with van der Waals surface area (Å²) in [5.74, 6) is -0.0556. The van der Waals surface area contributed by atoms with Crippen LogP contribution in [0.15, 0.2) is 60.0 Å². The van der Waals surface area contributed by atoms with Crippen LogP contribution >= 0.6 is 11.3 Å². The zero-order chi connectivity index (χ0) is 17.1. The van der Waals surface area contributed by atoms with Crippen LogP contribution in [0, 0.1) is 0 Å². The van der Waals surface area contributed by atoms with Crippen molar-refractivity contribution in [2.75, 3.05) is 0 Å². The number of aryl methyl sites for hydroxylation is 1. The minimum atomic E-state index is -0.0556. The van der Waals surface area contributed by atoms with E-state index in [4.69, 9.17) is 0 Å². The number of amides is 1. The highest BCUT2D eigenvalue weighted by Gasteiger charge is 2.21. The Morgan fingerprint density at radius 3 is 2.68 bits per heavy atom. The third-order valence-electron chi connectivity index (χ3n) is 4.66. The molecule has 1 unspecified atom stereocenters. The third-order valence-corrected chi connectivity index (χ3v) is 5.51. The molecule has 3 aromatic rings. The normalized spacial score (nSPS) is 16.2. The smallest absolute Gasteiger partial charge is 0.270 e. The molecule has 2 aromatic carbocycles. The molecule has 1 atom stereocenters. The monoisotopic (exact) mass is 348 g/mol. The van der Waals surface area contributed by atoms with Gasteiger partial charge in [0.2, 0.25) is 0 Å². The molecule has 1 amide bonds. The zero-order valence-electron chi connectivity index (χ0n) is 13.9. The predicted octanol–water partition coefficient (Wildman–Crippen LogP) is 4.02. The fourth-order valence-corrected chi connectivity index (χ4v) is 4.16. The second-order valence-corrected chi connectivity index (χ2v) is 7.41. The van der Waals surface area contributed by atoms with Crippen LogP contribution in [-0.2, 0) is 19.3 Å². The molecule has 4 rings (SSSR count). The average Bonchev–Trinajstić information content (AvgIpc) is 3.11. The topological polar surface area (TPSA) is 42.0 Å². The number of hydrogen-bond donors (Lipinski definition) is 1. The number of carbonyl (C=O) groups excluding carboxylic acids is 1. The van der Waals surface area contributed by atoms with Crippen molar-refractivity contribution in [2.45, 2.75) is 31.7 Å². The van der Waals surface area contributed by atoms with Crippen LogP contribution in [0.5, 0.6) is 0 Å². The van der Waals surface area contributed by atoms with Crippen molar-refractivity contribution >= 4 is 17.2 Å². The van der Waals surface area contributed by atoms with Crippen LogP contribution in [0.1, 0.15) is 38.6 Å². The maximum Gasteiger partial charge on any atom is 0.270 e. The van der Waals surface area contributed by atoms with Gasteiger partial charge in [-0.2, -0.15) is 0 Å². The predicted molar refractivity (Wildman–Crippen MR) is 101 cm³/mol. The number of nitrogens with one attached hydrogen (secondary N) is 1. The summed E-state index contributed by atoms with van der Waals surface area (Å²) < 4.78 is 0. The third kappa shape index (κ3) is 3.80. The second-order valence-electron chi connectivity index (χ2n) is 6.47. The molecular formula is C21H20N2OS. The van der Waals surface area contributed by atoms with Crippen molar-refractivity contribution in [1.82, 2.24) is 10.3 Å². The number of carbonyl (C=O) groups is 1. The Bertz CT molecular complexity index is 872. The quantitative estimate of drug-likeness (QED) is 0.774. The average molecular weight is 348 g/mol. The molecule has 1 N–H and O–H groups in total. The molecule has 1 heterocycles. The van der Waals surface area contributed by atoms with Crippen molar-refractivity contribution in [3.8, 4) is 0 Å². The first-order valence-electron chi connectivity index (χ1n) is 8.64. The standard InChI is InChI=1S/C21H20N2OS/c24-21(22-18-11-10-16-8-4-5-9-17(16)13-18)19-14-25-20(23-19)12-15-6-2-1-3-7-15/h1-9,14,18H,10-13H2,(H,22,24). The van der Waals surface area contributed by atoms with E-state index in [2.05, 4.69) is 46.7 Å². The maximum atomic E-state index is 12.5. The molecule has 0 radical (unpaired) electrons. The van der Waals surface area contributed by atoms with E-state index in [0.717, 1.165) is 30.7 Å². The lowest BCUT2D eigenvalue weighted by molar-refractivity contribution is 0.0929. The molecule has 1 aromatic heterocycles. The summed E-state index contributed by atoms with van der Waals surface area (Å²) in [4.78, 5) is 17.0. The van der Waals surface area contributed by atoms with Gasteiger partial charge < -0.3 is 5.32 Å². The summed E-state index contributed by atoms with van der Waals surface area (Å²) >= 11 is 1.55. The minimum Gasteiger partial charge on any atom is -0.348 e. The Kier molecular flexibility index (Phi) is 4.61. The van der Waals surface area contributed by atoms with E-state index in [-0.39, 0.29) is 11.9 Å². The summed E-state index contributed by atoms with van der Waals surface area (Å²) in [6, 6.07) is 18.9. The van der Waals surface area contributed by atoms with Crippen LogP contribution in [0.4, 0.5) is 0 Å². The van der Waals surface area contributed by atoms with Gasteiger partial charge in [0.25, 0.3) is 5.91 Å². The van der Waals surface area contributed by atoms with Gasteiger partial charge in [0.15, 0.2) is 0 Å². The Morgan fingerprint density at radius 2 is 1.84 bits per heavy atom. The number of nitrogens with zero attached hydrogens (tertiary/aromatic N) is 1. The van der Waals surface area contributed by atoms with Gasteiger partial charge in [-0.05, 0) is 36.0 Å². The van der Waals surface area contributed by atoms with Crippen LogP contribution in [0.25, 0.3) is 0 Å². The Morgan fingerprint density at radius 1 is 1.08 bits per heavy atom. The molecule has 0 spiro atoms. The molecule has 4 heteroatoms. The van der Waals surface area contributed by atoms with E-state index in [9.17, 15) is 4.79 Å². The maximum absolute atomic E-state index is 12.5. The van der Waals surface area contributed by atoms with Crippen LogP contribution in [0.2, 0.25) is 0 Å². The van der Waals surface area contributed by atoms with Gasteiger partial charge in [-0.1, -0.05) is 54.6 Å². The van der Waals surface area contributed by atoms with E-state index in [0.29, 0.717) is 5.69 Å². The number of rotatable bonds is 4. The molecule has 25 heavy (non-hydrogen) atoms. The van der Waals surface area contributed by atoms with Crippen molar-refractivity contribution in [3.63, 3.8) is 0 Å². The fraction of sp³-hybridized carbons (Fsp3) is 0.238. The highest BCUT2D eigenvalue weighted by Crippen LogP contribution is 2.21. The van der Waals surface area contributed by atoms with E-state index in [1.165, 1.54) is 16.7 Å². The second kappa shape index (κ2) is 7.19. The number of fused-ring (bicyclic) bond motifs is 1. The van der Waals surface area contributed by atoms with E-state index < -0.39 is 0 Å². The van der Waals surface area contributed by atoms with Gasteiger partial charge in [0.1, 0.15) is 5.69 Å². The molecular weight excluding hydrogens is 328 g/mol. The molecule has 0 saturated heterocycles. The van der Waals surface area contributed by atoms with Crippen LogP contribution in [-0.4, -0.2) is 16.9 Å². The van der Waals surface area contributed by atoms with Gasteiger partial charge in [-0.3, -0.25) is 4.79 Å². The lowest BCUT2D eigenvalue weighted by Crippen LogP contribution is -2.39. The fourth-order valence-electron chi connectivity index (χ4n) is 3.35. The number of hydrogen-bond acceptors (Lipinski definition) is 3. The molecule has 0 fully saturated rings. The van der Waals surface area contributed by atoms with Crippen molar-refractivity contribution in [2.24, 2.45) is 0 Å². The van der Waals surface area contributed by atoms with Gasteiger partial charge in [0, 0.05) is 17.8 Å². The lowest BCUT2D eigenvalue weighted by atomic mass is 9.88. The summed E-state index contributed by atoms with van der Waals surface area (Å²) in [5, 5.41) is 6.00. The lowest BCUT2D eigenvalue weighted by Gasteiger charge is -2.25. The van der Waals surface area contributed by atoms with Crippen molar-refractivity contribution < 1.29 is 4.79 Å². The number of benzene rings is 2. The molecule has 0 saturated carbocycles. The van der Waals surface area contributed by atoms with Gasteiger partial charge in [0.05, 0.1) is 5.01 Å². The number of aromatic nitrogens is 1. The van der Waals surface area contributed by atoms with Gasteiger partial charge >= 0.3 is 0 Å². The van der Waals surface area contributed by atoms with E-state index >= 15 is 0 Å². The van der Waals surface area contributed by atoms with E-state index in [1.807, 2.05) is 23.6 Å². The van der Waals surface area contributed by atoms with Crippen molar-refractivity contribution in [3.05, 3.63) is 87.4 Å². The summed E-state index contributed by atoms with van der Waals surface area (Å²) in [6.45, 7) is 0. The first-order valence-corrected chi connectivity index (χ1v) is 9.52. The van der Waals surface area contributed by atoms with Crippen LogP contribution < -0.4 is 5.32 Å². The Balaban J connectivity index is 1.39. The highest BCUT2D eigenvalue weighted by atomic mass is 32.1. The Hall–Kier alpha value is -2.46. The molecule has 1 aliphatic carbocycles. The van der Waals surface area contributed by atoms with Gasteiger partial charge in [-0.15, -0.1) is 11.3 Å². The van der Waals surface area contributed by atoms with Crippen molar-refractivity contribution in [1.29, 1.82) is 0 Å². The minimum absolute atomic E-state index is 0.0556. The highest BCUT2D eigenvalue weighted by molar-refractivity contribution is 7.09. The molecule has 126 valence electrons. The number of thiazole rings is 1. The summed E-state index contributed by atoms with van der Waals surface area (Å²) in [5.41, 5.74) is 4.51. The van der Waals surface area contributed by atoms with Crippen LogP contribution in [0.3, 0.4) is 0 Å². The zero-order valence-corrected chi connectivity index (χ0v) is 14.8. The Labute approximate surface area is 151 Å². The molecule has 3 nitrogen and oxygen atoms in total. The molecule has 0 aliphatic heterocycles. The SMILES string of the molecule is O=C(NC1CCc2ccccc2C1)c1csc(Cc2ccccc2)n1. The summed E-state index contributed by atoms with van der Waals surface area (Å²) in [7, 11) is 0. The van der Waals surface area contributed by atoms with Gasteiger partial charge in [-0.25, -0.2) is 4.98 Å². The molecule has 0 bridgehead atoms. The summed E-state index contributed by atoms with van der Waals surface area (Å²) in [6.07, 6.45) is 3.69. The first-order chi connectivity index (χ1) is 12.3. The largest absolute Gasteiger partial charge is 0.348 e. The first kappa shape index (κ1) is 16.0. The molecule has 1 aliphatic rings. The van der Waals surface area contributed by atoms with E-state index in [1.54, 1.807) is 11.3 Å².